The number of rotatable bonds is 6. The molecule has 2 fully saturated rings. The summed E-state index contributed by atoms with van der Waals surface area (Å²) in [6.45, 7) is 0. The Balaban J connectivity index is 1.35. The molecule has 0 spiro atoms. The van der Waals surface area contributed by atoms with E-state index in [1.807, 2.05) is 0 Å². The lowest BCUT2D eigenvalue weighted by molar-refractivity contribution is 0.999. The van der Waals surface area contributed by atoms with Crippen molar-refractivity contribution in [2.24, 2.45) is 11.8 Å². The van der Waals surface area contributed by atoms with Gasteiger partial charge in [-0.2, -0.15) is 23.5 Å². The standard InChI is InChI=1S/C9H16S2/c1-2-8(1)5-10-7-11-6-9-3-4-9/h8-9H,1-7H2. The second-order valence-electron chi connectivity index (χ2n) is 3.75. The van der Waals surface area contributed by atoms with E-state index in [1.165, 1.54) is 42.3 Å². The average molecular weight is 188 g/mol. The zero-order chi connectivity index (χ0) is 7.52. The molecular formula is C9H16S2. The molecule has 64 valence electrons. The van der Waals surface area contributed by atoms with Crippen molar-refractivity contribution in [3.8, 4) is 0 Å². The minimum absolute atomic E-state index is 1.11. The first-order chi connectivity index (χ1) is 5.45. The van der Waals surface area contributed by atoms with E-state index >= 15 is 0 Å². The molecule has 0 aliphatic heterocycles. The van der Waals surface area contributed by atoms with Gasteiger partial charge in [-0.3, -0.25) is 0 Å². The van der Waals surface area contributed by atoms with Crippen LogP contribution in [0.3, 0.4) is 0 Å². The normalized spacial score (nSPS) is 24.0. The Morgan fingerprint density at radius 2 is 1.27 bits per heavy atom. The van der Waals surface area contributed by atoms with Crippen LogP contribution in [0.1, 0.15) is 25.7 Å². The molecule has 0 heterocycles. The second kappa shape index (κ2) is 4.08. The molecule has 2 saturated carbocycles. The summed E-state index contributed by atoms with van der Waals surface area (Å²) in [7, 11) is 0. The summed E-state index contributed by atoms with van der Waals surface area (Å²) in [6, 6.07) is 0. The third-order valence-electron chi connectivity index (χ3n) is 2.27. The molecule has 2 aliphatic carbocycles. The molecule has 2 rings (SSSR count). The van der Waals surface area contributed by atoms with Crippen LogP contribution >= 0.6 is 23.5 Å². The molecule has 0 radical (unpaired) electrons. The first-order valence-electron chi connectivity index (χ1n) is 4.60. The molecule has 0 atom stereocenters. The molecule has 11 heavy (non-hydrogen) atoms. The van der Waals surface area contributed by atoms with E-state index < -0.39 is 0 Å². The van der Waals surface area contributed by atoms with Crippen molar-refractivity contribution in [2.75, 3.05) is 16.6 Å². The summed E-state index contributed by atoms with van der Waals surface area (Å²) in [5.74, 6) is 5.11. The third kappa shape index (κ3) is 3.75. The molecule has 0 amide bonds. The first-order valence-corrected chi connectivity index (χ1v) is 6.91. The lowest BCUT2D eigenvalue weighted by atomic mass is 10.5. The van der Waals surface area contributed by atoms with Crippen LogP contribution < -0.4 is 0 Å². The molecule has 0 aromatic carbocycles. The molecule has 0 aromatic rings. The first kappa shape index (κ1) is 8.31. The molecule has 0 unspecified atom stereocenters. The van der Waals surface area contributed by atoms with E-state index in [-0.39, 0.29) is 0 Å². The lowest BCUT2D eigenvalue weighted by Gasteiger charge is -1.98. The summed E-state index contributed by atoms with van der Waals surface area (Å²) in [6.07, 6.45) is 6.06. The molecule has 0 aromatic heterocycles. The van der Waals surface area contributed by atoms with E-state index in [1.54, 1.807) is 0 Å². The van der Waals surface area contributed by atoms with Crippen LogP contribution in [0.15, 0.2) is 0 Å². The predicted molar refractivity (Wildman–Crippen MR) is 55.2 cm³/mol. The lowest BCUT2D eigenvalue weighted by Crippen LogP contribution is -1.84. The van der Waals surface area contributed by atoms with Crippen LogP contribution in [-0.2, 0) is 0 Å². The van der Waals surface area contributed by atoms with Crippen LogP contribution in [0.2, 0.25) is 0 Å². The van der Waals surface area contributed by atoms with Gasteiger partial charge in [-0.05, 0) is 49.0 Å². The van der Waals surface area contributed by atoms with Crippen LogP contribution in [0.25, 0.3) is 0 Å². The zero-order valence-electron chi connectivity index (χ0n) is 6.92. The van der Waals surface area contributed by atoms with Gasteiger partial charge in [-0.15, -0.1) is 0 Å². The third-order valence-corrected chi connectivity index (χ3v) is 5.02. The van der Waals surface area contributed by atoms with E-state index in [2.05, 4.69) is 23.5 Å². The smallest absolute Gasteiger partial charge is 0.0392 e. The van der Waals surface area contributed by atoms with Gasteiger partial charge in [-0.1, -0.05) is 0 Å². The van der Waals surface area contributed by atoms with Crippen molar-refractivity contribution in [1.29, 1.82) is 0 Å². The highest BCUT2D eigenvalue weighted by molar-refractivity contribution is 8.15. The van der Waals surface area contributed by atoms with E-state index in [9.17, 15) is 0 Å². The fourth-order valence-electron chi connectivity index (χ4n) is 1.06. The average Bonchev–Trinajstić information content (AvgIpc) is 2.83. The summed E-state index contributed by atoms with van der Waals surface area (Å²) < 4.78 is 0. The molecule has 0 saturated heterocycles. The van der Waals surface area contributed by atoms with E-state index in [0.717, 1.165) is 11.8 Å². The summed E-state index contributed by atoms with van der Waals surface area (Å²) in [5, 5.41) is 1.35. The maximum atomic E-state index is 2.16. The van der Waals surface area contributed by atoms with E-state index in [4.69, 9.17) is 0 Å². The monoisotopic (exact) mass is 188 g/mol. The van der Waals surface area contributed by atoms with Crippen LogP contribution in [0.4, 0.5) is 0 Å². The predicted octanol–water partition coefficient (Wildman–Crippen LogP) is 3.23. The van der Waals surface area contributed by atoms with Gasteiger partial charge in [0.2, 0.25) is 0 Å². The Hall–Kier alpha value is 0.700. The van der Waals surface area contributed by atoms with Crippen molar-refractivity contribution in [3.05, 3.63) is 0 Å². The van der Waals surface area contributed by atoms with Gasteiger partial charge < -0.3 is 0 Å². The van der Waals surface area contributed by atoms with Crippen molar-refractivity contribution >= 4 is 23.5 Å². The Bertz CT molecular complexity index is 103. The van der Waals surface area contributed by atoms with Gasteiger partial charge in [0.15, 0.2) is 0 Å². The maximum absolute atomic E-state index is 2.16. The Kier molecular flexibility index (Phi) is 3.08. The minimum Gasteiger partial charge on any atom is -0.151 e. The van der Waals surface area contributed by atoms with Crippen molar-refractivity contribution in [2.45, 2.75) is 25.7 Å². The number of hydrogen-bond donors (Lipinski definition) is 0. The highest BCUT2D eigenvalue weighted by atomic mass is 32.2. The van der Waals surface area contributed by atoms with Gasteiger partial charge >= 0.3 is 0 Å². The van der Waals surface area contributed by atoms with Gasteiger partial charge in [0.05, 0.1) is 0 Å². The van der Waals surface area contributed by atoms with Crippen molar-refractivity contribution < 1.29 is 0 Å². The summed E-state index contributed by atoms with van der Waals surface area (Å²) >= 11 is 4.31. The van der Waals surface area contributed by atoms with Gasteiger partial charge in [-0.25, -0.2) is 0 Å². The van der Waals surface area contributed by atoms with Crippen molar-refractivity contribution in [3.63, 3.8) is 0 Å². The van der Waals surface area contributed by atoms with Crippen LogP contribution in [0, 0.1) is 11.8 Å². The summed E-state index contributed by atoms with van der Waals surface area (Å²) in [4.78, 5) is 0. The molecule has 2 aliphatic rings. The maximum Gasteiger partial charge on any atom is 0.0392 e. The Morgan fingerprint density at radius 3 is 1.64 bits per heavy atom. The molecule has 0 bridgehead atoms. The SMILES string of the molecule is C(SCC1CC1)SCC1CC1. The number of thioether (sulfide) groups is 2. The Morgan fingerprint density at radius 1 is 0.818 bits per heavy atom. The number of hydrogen-bond acceptors (Lipinski definition) is 2. The fraction of sp³-hybridized carbons (Fsp3) is 1.00. The van der Waals surface area contributed by atoms with Gasteiger partial charge in [0.1, 0.15) is 0 Å². The minimum atomic E-state index is 1.11. The molecular weight excluding hydrogens is 172 g/mol. The highest BCUT2D eigenvalue weighted by Crippen LogP contribution is 2.36. The van der Waals surface area contributed by atoms with Crippen LogP contribution in [0.5, 0.6) is 0 Å². The second-order valence-corrected chi connectivity index (χ2v) is 6.17. The van der Waals surface area contributed by atoms with E-state index in [0.29, 0.717) is 0 Å². The molecule has 2 heteroatoms. The fourth-order valence-corrected chi connectivity index (χ4v) is 3.63. The Labute approximate surface area is 77.9 Å². The van der Waals surface area contributed by atoms with Crippen molar-refractivity contribution in [1.82, 2.24) is 0 Å². The molecule has 0 N–H and O–H groups in total. The highest BCUT2D eigenvalue weighted by Gasteiger charge is 2.22. The molecule has 0 nitrogen and oxygen atoms in total. The quantitative estimate of drug-likeness (QED) is 0.463. The zero-order valence-corrected chi connectivity index (χ0v) is 8.55. The topological polar surface area (TPSA) is 0 Å². The van der Waals surface area contributed by atoms with Crippen LogP contribution in [-0.4, -0.2) is 16.6 Å². The largest absolute Gasteiger partial charge is 0.151 e. The summed E-state index contributed by atoms with van der Waals surface area (Å²) in [5.41, 5.74) is 0. The van der Waals surface area contributed by atoms with Gasteiger partial charge in [0.25, 0.3) is 0 Å². The van der Waals surface area contributed by atoms with Gasteiger partial charge in [0, 0.05) is 5.08 Å².